The third-order valence-electron chi connectivity index (χ3n) is 8.85. The lowest BCUT2D eigenvalue weighted by atomic mass is 9.95. The molecule has 4 aromatic rings. The highest BCUT2D eigenvalue weighted by atomic mass is 16.5. The number of ether oxygens (including phenoxy) is 3. The number of para-hydroxylation sites is 1. The fourth-order valence-corrected chi connectivity index (χ4v) is 6.78. The summed E-state index contributed by atoms with van der Waals surface area (Å²) >= 11 is 0. The van der Waals surface area contributed by atoms with Gasteiger partial charge in [-0.05, 0) is 72.7 Å². The van der Waals surface area contributed by atoms with Gasteiger partial charge in [0.15, 0.2) is 11.5 Å². The van der Waals surface area contributed by atoms with E-state index in [0.717, 1.165) is 34.3 Å². The molecule has 10 nitrogen and oxygen atoms in total. The molecular weight excluding hydrogens is 572 g/mol. The quantitative estimate of drug-likeness (QED) is 0.277. The molecule has 1 aliphatic heterocycles. The number of methoxy groups -OCH3 is 3. The smallest absolute Gasteiger partial charge is 0.245 e. The van der Waals surface area contributed by atoms with E-state index < -0.39 is 12.1 Å². The summed E-state index contributed by atoms with van der Waals surface area (Å²) in [4.78, 5) is 44.9. The molecule has 0 bridgehead atoms. The molecule has 0 saturated heterocycles. The highest BCUT2D eigenvalue weighted by Gasteiger charge is 2.31. The van der Waals surface area contributed by atoms with E-state index in [4.69, 9.17) is 14.2 Å². The molecular formula is C35H38N4O6. The van der Waals surface area contributed by atoms with E-state index in [1.54, 1.807) is 40.4 Å². The number of carbonyl (C=O) groups excluding carboxylic acids is 2. The first-order chi connectivity index (χ1) is 21.7. The molecule has 1 aromatic heterocycles. The second-order valence-electron chi connectivity index (χ2n) is 11.6. The third-order valence-corrected chi connectivity index (χ3v) is 8.85. The topological polar surface area (TPSA) is 122 Å². The van der Waals surface area contributed by atoms with Crippen molar-refractivity contribution in [1.29, 1.82) is 0 Å². The van der Waals surface area contributed by atoms with Crippen molar-refractivity contribution in [2.45, 2.75) is 51.7 Å². The van der Waals surface area contributed by atoms with Crippen molar-refractivity contribution in [2.24, 2.45) is 0 Å². The summed E-state index contributed by atoms with van der Waals surface area (Å²) in [5.74, 6) is 1.16. The van der Waals surface area contributed by atoms with Crippen LogP contribution >= 0.6 is 0 Å². The Balaban J connectivity index is 1.35. The lowest BCUT2D eigenvalue weighted by Gasteiger charge is -2.30. The Morgan fingerprint density at radius 3 is 2.51 bits per heavy atom. The average molecular weight is 611 g/mol. The summed E-state index contributed by atoms with van der Waals surface area (Å²) in [6.45, 7) is 4.32. The molecule has 1 aliphatic carbocycles. The molecule has 0 fully saturated rings. The predicted octanol–water partition coefficient (Wildman–Crippen LogP) is 4.73. The molecule has 3 N–H and O–H groups in total. The highest BCUT2D eigenvalue weighted by molar-refractivity contribution is 5.88. The molecule has 234 valence electrons. The number of carbonyl (C=O) groups is 2. The SMILES string of the molecule is COc1cc2c(c(OC)c1OC)-c1ccc(N[C@@H](C)C(=O)N3CCc4c([nH]c5ccccc45)C3)c(=O)cc1[C@@H](NC(C)=O)CC2. The summed E-state index contributed by atoms with van der Waals surface area (Å²) in [6, 6.07) is 14.1. The molecule has 0 radical (unpaired) electrons. The average Bonchev–Trinajstić information content (AvgIpc) is 3.26. The number of nitrogens with one attached hydrogen (secondary N) is 3. The molecule has 0 saturated carbocycles. The van der Waals surface area contributed by atoms with Crippen LogP contribution < -0.4 is 30.3 Å². The van der Waals surface area contributed by atoms with E-state index in [0.29, 0.717) is 48.7 Å². The number of aromatic amines is 1. The van der Waals surface area contributed by atoms with Gasteiger partial charge >= 0.3 is 0 Å². The van der Waals surface area contributed by atoms with Crippen molar-refractivity contribution in [2.75, 3.05) is 33.2 Å². The van der Waals surface area contributed by atoms with Crippen LogP contribution in [0.1, 0.15) is 48.7 Å². The number of aryl methyl sites for hydroxylation is 1. The second-order valence-corrected chi connectivity index (χ2v) is 11.6. The van der Waals surface area contributed by atoms with Crippen LogP contribution in [0.3, 0.4) is 0 Å². The number of fused-ring (bicyclic) bond motifs is 6. The minimum atomic E-state index is -0.650. The van der Waals surface area contributed by atoms with Gasteiger partial charge in [-0.2, -0.15) is 0 Å². The molecule has 2 amide bonds. The van der Waals surface area contributed by atoms with Crippen LogP contribution in [0.4, 0.5) is 5.69 Å². The highest BCUT2D eigenvalue weighted by Crippen LogP contribution is 2.50. The van der Waals surface area contributed by atoms with Gasteiger partial charge in [-0.1, -0.05) is 24.3 Å². The summed E-state index contributed by atoms with van der Waals surface area (Å²) in [6.07, 6.45) is 1.93. The number of hydrogen-bond donors (Lipinski definition) is 3. The second kappa shape index (κ2) is 12.2. The Labute approximate surface area is 261 Å². The number of rotatable bonds is 7. The van der Waals surface area contributed by atoms with E-state index in [1.165, 1.54) is 17.9 Å². The molecule has 45 heavy (non-hydrogen) atoms. The van der Waals surface area contributed by atoms with Crippen molar-refractivity contribution >= 4 is 28.4 Å². The lowest BCUT2D eigenvalue weighted by Crippen LogP contribution is -2.44. The fourth-order valence-electron chi connectivity index (χ4n) is 6.78. The van der Waals surface area contributed by atoms with Crippen LogP contribution in [0.15, 0.2) is 53.3 Å². The van der Waals surface area contributed by atoms with Gasteiger partial charge in [0.05, 0.1) is 39.6 Å². The van der Waals surface area contributed by atoms with Gasteiger partial charge in [0.25, 0.3) is 0 Å². The monoisotopic (exact) mass is 610 g/mol. The Kier molecular flexibility index (Phi) is 8.14. The van der Waals surface area contributed by atoms with Gasteiger partial charge in [-0.15, -0.1) is 0 Å². The van der Waals surface area contributed by atoms with Crippen LogP contribution in [-0.4, -0.2) is 55.6 Å². The standard InChI is InChI=1S/C35H38N4O6/c1-19(35(42)39-15-14-23-22-8-6-7-9-26(22)38-29(23)18-39)36-28-13-11-24-25(17-30(28)41)27(37-20(2)40)12-10-21-16-31(43-3)33(44-4)34(45-5)32(21)24/h6-9,11,13,16-17,19,27,38H,10,12,14-15,18H2,1-5H3,(H,36,41)(H,37,40)/t19-,27-/m0/s1. The van der Waals surface area contributed by atoms with E-state index in [1.807, 2.05) is 35.2 Å². The van der Waals surface area contributed by atoms with Gasteiger partial charge in [-0.25, -0.2) is 0 Å². The van der Waals surface area contributed by atoms with E-state index in [2.05, 4.69) is 21.7 Å². The Morgan fingerprint density at radius 2 is 1.78 bits per heavy atom. The van der Waals surface area contributed by atoms with Crippen molar-refractivity contribution in [3.8, 4) is 28.4 Å². The predicted molar refractivity (Wildman–Crippen MR) is 173 cm³/mol. The molecule has 6 rings (SSSR count). The number of amides is 2. The van der Waals surface area contributed by atoms with Crippen molar-refractivity contribution in [3.63, 3.8) is 0 Å². The molecule has 2 heterocycles. The molecule has 0 spiro atoms. The van der Waals surface area contributed by atoms with Crippen molar-refractivity contribution < 1.29 is 23.8 Å². The zero-order valence-electron chi connectivity index (χ0n) is 26.2. The maximum Gasteiger partial charge on any atom is 0.245 e. The maximum atomic E-state index is 13.7. The molecule has 2 atom stereocenters. The third kappa shape index (κ3) is 5.45. The normalized spacial score (nSPS) is 16.0. The number of anilines is 1. The summed E-state index contributed by atoms with van der Waals surface area (Å²) < 4.78 is 17.1. The lowest BCUT2D eigenvalue weighted by molar-refractivity contribution is -0.132. The Hall–Kier alpha value is -4.99. The molecule has 10 heteroatoms. The Bertz CT molecular complexity index is 1870. The first-order valence-corrected chi connectivity index (χ1v) is 15.1. The van der Waals surface area contributed by atoms with Gasteiger partial charge in [0.2, 0.25) is 23.0 Å². The number of aromatic nitrogens is 1. The van der Waals surface area contributed by atoms with Crippen LogP contribution in [0.25, 0.3) is 22.0 Å². The minimum Gasteiger partial charge on any atom is -0.493 e. The van der Waals surface area contributed by atoms with Crippen molar-refractivity contribution in [3.05, 3.63) is 81.1 Å². The van der Waals surface area contributed by atoms with Gasteiger partial charge in [0.1, 0.15) is 6.04 Å². The van der Waals surface area contributed by atoms with Crippen molar-refractivity contribution in [1.82, 2.24) is 15.2 Å². The fraction of sp³-hybridized carbons (Fsp3) is 0.343. The summed E-state index contributed by atoms with van der Waals surface area (Å²) in [7, 11) is 4.68. The Morgan fingerprint density at radius 1 is 1.00 bits per heavy atom. The molecule has 2 aliphatic rings. The first-order valence-electron chi connectivity index (χ1n) is 15.1. The van der Waals surface area contributed by atoms with Crippen LogP contribution in [0.5, 0.6) is 17.2 Å². The number of H-pyrrole nitrogens is 1. The largest absolute Gasteiger partial charge is 0.493 e. The van der Waals surface area contributed by atoms with Crippen LogP contribution in [0, 0.1) is 0 Å². The minimum absolute atomic E-state index is 0.0910. The first kappa shape index (κ1) is 30.1. The zero-order valence-corrected chi connectivity index (χ0v) is 26.2. The van der Waals surface area contributed by atoms with Crippen LogP contribution in [0.2, 0.25) is 0 Å². The molecule has 0 unspecified atom stereocenters. The summed E-state index contributed by atoms with van der Waals surface area (Å²) in [5, 5.41) is 7.41. The van der Waals surface area contributed by atoms with Gasteiger partial charge < -0.3 is 34.7 Å². The number of benzene rings is 2. The molecule has 3 aromatic carbocycles. The zero-order chi connectivity index (χ0) is 31.8. The number of nitrogens with zero attached hydrogens (tertiary/aromatic N) is 1. The van der Waals surface area contributed by atoms with Gasteiger partial charge in [0, 0.05) is 35.6 Å². The van der Waals surface area contributed by atoms with Gasteiger partial charge in [-0.3, -0.25) is 14.4 Å². The summed E-state index contributed by atoms with van der Waals surface area (Å²) in [5.41, 5.74) is 6.48. The maximum absolute atomic E-state index is 13.7. The van der Waals surface area contributed by atoms with E-state index in [-0.39, 0.29) is 22.9 Å². The van der Waals surface area contributed by atoms with Crippen LogP contribution in [-0.2, 0) is 29.0 Å². The number of hydrogen-bond acceptors (Lipinski definition) is 7. The van der Waals surface area contributed by atoms with E-state index in [9.17, 15) is 14.4 Å². The van der Waals surface area contributed by atoms with E-state index >= 15 is 0 Å².